The van der Waals surface area contributed by atoms with Crippen molar-refractivity contribution >= 4 is 0 Å². The Bertz CT molecular complexity index is 623. The van der Waals surface area contributed by atoms with Gasteiger partial charge in [0.1, 0.15) is 0 Å². The molecule has 0 N–H and O–H groups in total. The Labute approximate surface area is 145 Å². The maximum Gasteiger partial charge on any atom is 0.0705 e. The monoisotopic (exact) mass is 327 g/mol. The maximum absolute atomic E-state index is 5.98. The van der Waals surface area contributed by atoms with Gasteiger partial charge in [-0.2, -0.15) is 5.10 Å². The van der Waals surface area contributed by atoms with Crippen molar-refractivity contribution in [3.8, 4) is 0 Å². The summed E-state index contributed by atoms with van der Waals surface area (Å²) >= 11 is 0. The number of ether oxygens (including phenoxy) is 1. The summed E-state index contributed by atoms with van der Waals surface area (Å²) < 4.78 is 8.06. The third-order valence-electron chi connectivity index (χ3n) is 4.72. The predicted molar refractivity (Wildman–Crippen MR) is 97.0 cm³/mol. The molecule has 0 saturated carbocycles. The van der Waals surface area contributed by atoms with E-state index < -0.39 is 0 Å². The zero-order chi connectivity index (χ0) is 16.8. The van der Waals surface area contributed by atoms with Crippen molar-refractivity contribution in [2.75, 3.05) is 19.7 Å². The zero-order valence-corrected chi connectivity index (χ0v) is 14.9. The van der Waals surface area contributed by atoms with E-state index in [0.29, 0.717) is 6.10 Å². The molecule has 0 radical (unpaired) electrons. The number of aromatic nitrogens is 2. The van der Waals surface area contributed by atoms with Crippen LogP contribution in [-0.4, -0.2) is 40.5 Å². The number of benzene rings is 1. The Hall–Kier alpha value is -1.65. The van der Waals surface area contributed by atoms with Gasteiger partial charge >= 0.3 is 0 Å². The average molecular weight is 327 g/mol. The minimum Gasteiger partial charge on any atom is -0.376 e. The summed E-state index contributed by atoms with van der Waals surface area (Å²) in [6, 6.07) is 10.7. The van der Waals surface area contributed by atoms with Gasteiger partial charge in [0.05, 0.1) is 18.4 Å². The first-order valence-electron chi connectivity index (χ1n) is 9.15. The number of hydrogen-bond donors (Lipinski definition) is 0. The lowest BCUT2D eigenvalue weighted by molar-refractivity contribution is -0.0346. The molecule has 0 amide bonds. The van der Waals surface area contributed by atoms with E-state index in [2.05, 4.69) is 65.1 Å². The number of morpholine rings is 1. The highest BCUT2D eigenvalue weighted by Gasteiger charge is 2.21. The molecule has 4 heteroatoms. The van der Waals surface area contributed by atoms with Crippen LogP contribution in [-0.2, 0) is 24.2 Å². The van der Waals surface area contributed by atoms with Crippen LogP contribution >= 0.6 is 0 Å². The normalized spacial score (nSPS) is 18.8. The lowest BCUT2D eigenvalue weighted by Crippen LogP contribution is -2.42. The summed E-state index contributed by atoms with van der Waals surface area (Å²) in [6.07, 6.45) is 5.86. The molecular weight excluding hydrogens is 298 g/mol. The van der Waals surface area contributed by atoms with E-state index in [0.717, 1.165) is 57.7 Å². The summed E-state index contributed by atoms with van der Waals surface area (Å²) in [4.78, 5) is 2.51. The van der Waals surface area contributed by atoms with E-state index in [-0.39, 0.29) is 0 Å². The van der Waals surface area contributed by atoms with Crippen molar-refractivity contribution in [3.63, 3.8) is 0 Å². The highest BCUT2D eigenvalue weighted by Crippen LogP contribution is 2.16. The molecule has 1 saturated heterocycles. The second-order valence-electron chi connectivity index (χ2n) is 6.76. The molecule has 1 aromatic carbocycles. The van der Waals surface area contributed by atoms with Gasteiger partial charge in [-0.05, 0) is 31.7 Å². The molecule has 24 heavy (non-hydrogen) atoms. The molecule has 1 aliphatic rings. The third-order valence-corrected chi connectivity index (χ3v) is 4.72. The second kappa shape index (κ2) is 8.45. The van der Waals surface area contributed by atoms with Gasteiger partial charge in [0, 0.05) is 37.9 Å². The fraction of sp³-hybridized carbons (Fsp3) is 0.550. The van der Waals surface area contributed by atoms with Crippen molar-refractivity contribution in [2.24, 2.45) is 0 Å². The van der Waals surface area contributed by atoms with Crippen molar-refractivity contribution in [1.29, 1.82) is 0 Å². The van der Waals surface area contributed by atoms with E-state index in [1.165, 1.54) is 11.1 Å². The number of rotatable bonds is 7. The molecular formula is C20H29N3O. The van der Waals surface area contributed by atoms with Gasteiger partial charge in [-0.3, -0.25) is 9.58 Å². The number of hydrogen-bond acceptors (Lipinski definition) is 3. The van der Waals surface area contributed by atoms with Gasteiger partial charge in [0.25, 0.3) is 0 Å². The first-order chi connectivity index (χ1) is 11.7. The smallest absolute Gasteiger partial charge is 0.0705 e. The summed E-state index contributed by atoms with van der Waals surface area (Å²) in [7, 11) is 0. The van der Waals surface area contributed by atoms with Crippen LogP contribution < -0.4 is 0 Å². The standard InChI is InChI=1S/C20H29N3O/c1-3-11-23-15-19(17(2)21-23)14-22-12-13-24-20(16-22)10-9-18-7-5-4-6-8-18/h4-8,15,20H,3,9-14,16H2,1-2H3/t20-/m1/s1. The van der Waals surface area contributed by atoms with Crippen molar-refractivity contribution < 1.29 is 4.74 Å². The van der Waals surface area contributed by atoms with E-state index >= 15 is 0 Å². The molecule has 1 atom stereocenters. The molecule has 0 unspecified atom stereocenters. The van der Waals surface area contributed by atoms with Crippen molar-refractivity contribution in [1.82, 2.24) is 14.7 Å². The average Bonchev–Trinajstić information content (AvgIpc) is 2.94. The van der Waals surface area contributed by atoms with Crippen LogP contribution in [0.25, 0.3) is 0 Å². The lowest BCUT2D eigenvalue weighted by atomic mass is 10.1. The van der Waals surface area contributed by atoms with Crippen LogP contribution in [0.5, 0.6) is 0 Å². The Kier molecular flexibility index (Phi) is 6.05. The minimum atomic E-state index is 0.338. The molecule has 130 valence electrons. The van der Waals surface area contributed by atoms with Crippen molar-refractivity contribution in [3.05, 3.63) is 53.3 Å². The minimum absolute atomic E-state index is 0.338. The molecule has 1 aliphatic heterocycles. The van der Waals surface area contributed by atoms with E-state index in [1.54, 1.807) is 0 Å². The quantitative estimate of drug-likeness (QED) is 0.780. The van der Waals surface area contributed by atoms with Gasteiger partial charge in [-0.25, -0.2) is 0 Å². The van der Waals surface area contributed by atoms with Crippen LogP contribution in [0.3, 0.4) is 0 Å². The number of aryl methyl sites for hydroxylation is 3. The first kappa shape index (κ1) is 17.2. The van der Waals surface area contributed by atoms with E-state index in [1.807, 2.05) is 0 Å². The zero-order valence-electron chi connectivity index (χ0n) is 14.9. The van der Waals surface area contributed by atoms with Gasteiger partial charge in [-0.1, -0.05) is 37.3 Å². The molecule has 0 spiro atoms. The Morgan fingerprint density at radius 1 is 1.25 bits per heavy atom. The lowest BCUT2D eigenvalue weighted by Gasteiger charge is -2.33. The van der Waals surface area contributed by atoms with Gasteiger partial charge in [0.15, 0.2) is 0 Å². The Balaban J connectivity index is 1.52. The SMILES string of the molecule is CCCn1cc(CN2CCO[C@H](CCc3ccccc3)C2)c(C)n1. The fourth-order valence-corrected chi connectivity index (χ4v) is 3.37. The fourth-order valence-electron chi connectivity index (χ4n) is 3.37. The summed E-state index contributed by atoms with van der Waals surface area (Å²) in [5.74, 6) is 0. The Morgan fingerprint density at radius 2 is 2.08 bits per heavy atom. The second-order valence-corrected chi connectivity index (χ2v) is 6.76. The topological polar surface area (TPSA) is 30.3 Å². The molecule has 1 aromatic heterocycles. The van der Waals surface area contributed by atoms with Crippen LogP contribution in [0.4, 0.5) is 0 Å². The first-order valence-corrected chi connectivity index (χ1v) is 9.15. The highest BCUT2D eigenvalue weighted by molar-refractivity contribution is 5.16. The number of nitrogens with zero attached hydrogens (tertiary/aromatic N) is 3. The molecule has 2 heterocycles. The van der Waals surface area contributed by atoms with Crippen LogP contribution in [0.2, 0.25) is 0 Å². The molecule has 4 nitrogen and oxygen atoms in total. The summed E-state index contributed by atoms with van der Waals surface area (Å²) in [6.45, 7) is 9.17. The van der Waals surface area contributed by atoms with Crippen LogP contribution in [0.1, 0.15) is 36.6 Å². The third kappa shape index (κ3) is 4.68. The predicted octanol–water partition coefficient (Wildman–Crippen LogP) is 3.44. The largest absolute Gasteiger partial charge is 0.376 e. The van der Waals surface area contributed by atoms with Crippen LogP contribution in [0.15, 0.2) is 36.5 Å². The molecule has 0 aliphatic carbocycles. The molecule has 0 bridgehead atoms. The van der Waals surface area contributed by atoms with Crippen LogP contribution in [0, 0.1) is 6.92 Å². The summed E-state index contributed by atoms with van der Waals surface area (Å²) in [5, 5.41) is 4.62. The van der Waals surface area contributed by atoms with E-state index in [9.17, 15) is 0 Å². The molecule has 2 aromatic rings. The molecule has 3 rings (SSSR count). The van der Waals surface area contributed by atoms with Gasteiger partial charge < -0.3 is 4.74 Å². The van der Waals surface area contributed by atoms with Crippen molar-refractivity contribution in [2.45, 2.75) is 52.3 Å². The maximum atomic E-state index is 5.98. The highest BCUT2D eigenvalue weighted by atomic mass is 16.5. The molecule has 1 fully saturated rings. The van der Waals surface area contributed by atoms with Gasteiger partial charge in [-0.15, -0.1) is 0 Å². The Morgan fingerprint density at radius 3 is 2.88 bits per heavy atom. The van der Waals surface area contributed by atoms with Gasteiger partial charge in [0.2, 0.25) is 0 Å². The van der Waals surface area contributed by atoms with E-state index in [4.69, 9.17) is 4.74 Å². The summed E-state index contributed by atoms with van der Waals surface area (Å²) in [5.41, 5.74) is 3.91.